The Balaban J connectivity index is 1.54. The Morgan fingerprint density at radius 1 is 1.09 bits per heavy atom. The van der Waals surface area contributed by atoms with Crippen molar-refractivity contribution < 1.29 is 22.7 Å². The largest absolute Gasteiger partial charge is 0.496 e. The van der Waals surface area contributed by atoms with E-state index in [1.165, 1.54) is 6.07 Å². The Kier molecular flexibility index (Phi) is 6.02. The van der Waals surface area contributed by atoms with Crippen LogP contribution in [-0.2, 0) is 12.7 Å². The first-order chi connectivity index (χ1) is 15.2. The number of hydrogen-bond donors (Lipinski definition) is 1. The Hall–Kier alpha value is -3.19. The number of carbonyl (C=O) groups excluding carboxylic acids is 1. The first-order valence-corrected chi connectivity index (χ1v) is 10.3. The molecular weight excluding hydrogens is 441 g/mol. The maximum atomic E-state index is 13.0. The summed E-state index contributed by atoms with van der Waals surface area (Å²) in [6.45, 7) is 0.578. The van der Waals surface area contributed by atoms with E-state index in [1.54, 1.807) is 30.2 Å². The minimum atomic E-state index is -4.43. The Labute approximate surface area is 188 Å². The van der Waals surface area contributed by atoms with Gasteiger partial charge < -0.3 is 15.0 Å². The average Bonchev–Trinajstić information content (AvgIpc) is 3.14. The van der Waals surface area contributed by atoms with Gasteiger partial charge in [-0.15, -0.1) is 0 Å². The zero-order valence-corrected chi connectivity index (χ0v) is 17.9. The van der Waals surface area contributed by atoms with Gasteiger partial charge in [0.05, 0.1) is 18.7 Å². The van der Waals surface area contributed by atoms with Gasteiger partial charge in [0, 0.05) is 23.7 Å². The molecule has 1 saturated heterocycles. The fraction of sp³-hybridized carbons (Fsp3) is 0.208. The normalized spacial score (nSPS) is 16.2. The number of rotatable bonds is 5. The first-order valence-electron chi connectivity index (χ1n) is 9.90. The van der Waals surface area contributed by atoms with Crippen molar-refractivity contribution in [2.45, 2.75) is 18.8 Å². The maximum Gasteiger partial charge on any atom is 0.416 e. The van der Waals surface area contributed by atoms with Gasteiger partial charge >= 0.3 is 12.2 Å². The van der Waals surface area contributed by atoms with Crippen LogP contribution in [0.4, 0.5) is 18.0 Å². The number of methoxy groups -OCH3 is 1. The topological polar surface area (TPSA) is 41.6 Å². The molecule has 1 aliphatic heterocycles. The zero-order valence-electron chi connectivity index (χ0n) is 17.1. The Morgan fingerprint density at radius 3 is 2.53 bits per heavy atom. The molecule has 32 heavy (non-hydrogen) atoms. The van der Waals surface area contributed by atoms with Crippen LogP contribution >= 0.6 is 11.6 Å². The summed E-state index contributed by atoms with van der Waals surface area (Å²) in [6, 6.07) is 17.2. The molecule has 1 N–H and O–H groups in total. The number of amides is 2. The highest BCUT2D eigenvalue weighted by Crippen LogP contribution is 2.34. The summed E-state index contributed by atoms with van der Waals surface area (Å²) in [5.41, 5.74) is 2.34. The molecule has 1 atom stereocenters. The number of hydrogen-bond acceptors (Lipinski definition) is 2. The summed E-state index contributed by atoms with van der Waals surface area (Å²) in [4.78, 5) is 14.1. The smallest absolute Gasteiger partial charge is 0.416 e. The van der Waals surface area contributed by atoms with Crippen molar-refractivity contribution >= 4 is 17.6 Å². The van der Waals surface area contributed by atoms with Crippen LogP contribution in [0.15, 0.2) is 66.7 Å². The Bertz CT molecular complexity index is 1130. The molecular formula is C24H20ClF3N2O2. The van der Waals surface area contributed by atoms with Gasteiger partial charge in [0.15, 0.2) is 0 Å². The van der Waals surface area contributed by atoms with Gasteiger partial charge in [-0.25, -0.2) is 4.79 Å². The van der Waals surface area contributed by atoms with Crippen molar-refractivity contribution in [2.75, 3.05) is 13.7 Å². The fourth-order valence-corrected chi connectivity index (χ4v) is 3.90. The molecule has 0 spiro atoms. The van der Waals surface area contributed by atoms with Crippen molar-refractivity contribution in [3.8, 4) is 16.9 Å². The lowest BCUT2D eigenvalue weighted by Gasteiger charge is -2.17. The van der Waals surface area contributed by atoms with Gasteiger partial charge in [0.25, 0.3) is 0 Å². The van der Waals surface area contributed by atoms with Crippen molar-refractivity contribution in [2.24, 2.45) is 0 Å². The summed E-state index contributed by atoms with van der Waals surface area (Å²) in [7, 11) is 1.59. The number of nitrogens with zero attached hydrogens (tertiary/aromatic N) is 1. The Morgan fingerprint density at radius 2 is 1.84 bits per heavy atom. The average molecular weight is 461 g/mol. The number of urea groups is 1. The lowest BCUT2D eigenvalue weighted by molar-refractivity contribution is -0.137. The molecule has 166 valence electrons. The molecule has 0 aromatic heterocycles. The van der Waals surface area contributed by atoms with Gasteiger partial charge in [-0.2, -0.15) is 13.2 Å². The zero-order chi connectivity index (χ0) is 22.9. The number of nitrogens with one attached hydrogen (secondary N) is 1. The van der Waals surface area contributed by atoms with Crippen molar-refractivity contribution in [1.82, 2.24) is 10.2 Å². The second-order valence-electron chi connectivity index (χ2n) is 7.55. The molecule has 0 aliphatic carbocycles. The minimum Gasteiger partial charge on any atom is -0.496 e. The minimum absolute atomic E-state index is 0.266. The number of carbonyl (C=O) groups is 1. The van der Waals surface area contributed by atoms with E-state index in [4.69, 9.17) is 16.3 Å². The van der Waals surface area contributed by atoms with Crippen LogP contribution in [0.5, 0.6) is 5.75 Å². The lowest BCUT2D eigenvalue weighted by atomic mass is 10.0. The molecule has 1 aliphatic rings. The summed E-state index contributed by atoms with van der Waals surface area (Å²) < 4.78 is 44.6. The van der Waals surface area contributed by atoms with Gasteiger partial charge in [-0.05, 0) is 53.1 Å². The summed E-state index contributed by atoms with van der Waals surface area (Å²) in [5, 5.41) is 3.40. The van der Waals surface area contributed by atoms with E-state index in [9.17, 15) is 18.0 Å². The second-order valence-corrected chi connectivity index (χ2v) is 7.98. The van der Waals surface area contributed by atoms with Crippen LogP contribution in [0.3, 0.4) is 0 Å². The molecule has 1 unspecified atom stereocenters. The van der Waals surface area contributed by atoms with E-state index >= 15 is 0 Å². The van der Waals surface area contributed by atoms with Crippen LogP contribution < -0.4 is 10.1 Å². The van der Waals surface area contributed by atoms with Crippen LogP contribution in [0.1, 0.15) is 22.7 Å². The third-order valence-electron chi connectivity index (χ3n) is 5.40. The standard InChI is InChI=1S/C24H20ClF3N2O2/c1-32-22-10-5-15(11-20(22)16-6-8-19(25)9-7-16)13-30-14-21(29-23(30)31)17-3-2-4-18(12-17)24(26,27)28/h2-12,21H,13-14H2,1H3,(H,29,31). The lowest BCUT2D eigenvalue weighted by Crippen LogP contribution is -2.27. The second kappa shape index (κ2) is 8.74. The molecule has 3 aromatic rings. The number of benzene rings is 3. The predicted molar refractivity (Wildman–Crippen MR) is 117 cm³/mol. The molecule has 1 fully saturated rings. The van der Waals surface area contributed by atoms with Gasteiger partial charge in [0.2, 0.25) is 0 Å². The molecule has 4 nitrogen and oxygen atoms in total. The number of alkyl halides is 3. The van der Waals surface area contributed by atoms with Crippen molar-refractivity contribution in [3.63, 3.8) is 0 Å². The van der Waals surface area contributed by atoms with Gasteiger partial charge in [-0.3, -0.25) is 0 Å². The van der Waals surface area contributed by atoms with E-state index in [2.05, 4.69) is 5.32 Å². The summed E-state index contributed by atoms with van der Waals surface area (Å²) in [5.74, 6) is 0.684. The molecule has 4 rings (SSSR count). The maximum absolute atomic E-state index is 13.0. The van der Waals surface area contributed by atoms with E-state index in [-0.39, 0.29) is 12.6 Å². The third-order valence-corrected chi connectivity index (χ3v) is 5.65. The summed E-state index contributed by atoms with van der Waals surface area (Å²) >= 11 is 5.99. The van der Waals surface area contributed by atoms with Crippen LogP contribution in [0.2, 0.25) is 5.02 Å². The van der Waals surface area contributed by atoms with Crippen molar-refractivity contribution in [1.29, 1.82) is 0 Å². The molecule has 8 heteroatoms. The van der Waals surface area contributed by atoms with E-state index in [1.807, 2.05) is 30.3 Å². The number of halogens is 4. The quantitative estimate of drug-likeness (QED) is 0.485. The highest BCUT2D eigenvalue weighted by atomic mass is 35.5. The molecule has 2 amide bonds. The molecule has 0 radical (unpaired) electrons. The fourth-order valence-electron chi connectivity index (χ4n) is 3.78. The highest BCUT2D eigenvalue weighted by Gasteiger charge is 2.34. The molecule has 0 bridgehead atoms. The van der Waals surface area contributed by atoms with Gasteiger partial charge in [-0.1, -0.05) is 41.9 Å². The van der Waals surface area contributed by atoms with Gasteiger partial charge in [0.1, 0.15) is 5.75 Å². The first kappa shape index (κ1) is 22.0. The molecule has 3 aromatic carbocycles. The van der Waals surface area contributed by atoms with Crippen LogP contribution in [0, 0.1) is 0 Å². The third kappa shape index (κ3) is 4.67. The SMILES string of the molecule is COc1ccc(CN2CC(c3cccc(C(F)(F)F)c3)NC2=O)cc1-c1ccc(Cl)cc1. The predicted octanol–water partition coefficient (Wildman–Crippen LogP) is 6.30. The van der Waals surface area contributed by atoms with Crippen molar-refractivity contribution in [3.05, 3.63) is 88.4 Å². The summed E-state index contributed by atoms with van der Waals surface area (Å²) in [6.07, 6.45) is -4.43. The monoisotopic (exact) mass is 460 g/mol. The van der Waals surface area contributed by atoms with Crippen LogP contribution in [-0.4, -0.2) is 24.6 Å². The van der Waals surface area contributed by atoms with E-state index < -0.39 is 17.8 Å². The van der Waals surface area contributed by atoms with Crippen LogP contribution in [0.25, 0.3) is 11.1 Å². The van der Waals surface area contributed by atoms with E-state index in [0.29, 0.717) is 22.9 Å². The molecule has 0 saturated carbocycles. The highest BCUT2D eigenvalue weighted by molar-refractivity contribution is 6.30. The van der Waals surface area contributed by atoms with E-state index in [0.717, 1.165) is 28.8 Å². The molecule has 1 heterocycles. The number of ether oxygens (including phenoxy) is 1.